The first kappa shape index (κ1) is 16.0. The third-order valence-electron chi connectivity index (χ3n) is 2.91. The van der Waals surface area contributed by atoms with Crippen LogP contribution in [-0.4, -0.2) is 27.8 Å². The number of aromatic nitrogens is 1. The number of rotatable bonds is 6. The van der Waals surface area contributed by atoms with Crippen LogP contribution >= 0.6 is 0 Å². The molecule has 0 saturated carbocycles. The minimum absolute atomic E-state index is 0.000215. The third kappa shape index (κ3) is 4.56. The molecule has 1 aromatic heterocycles. The summed E-state index contributed by atoms with van der Waals surface area (Å²) in [6, 6.07) is -0.401. The smallest absolute Gasteiger partial charge is 0.319 e. The lowest BCUT2D eigenvalue weighted by Crippen LogP contribution is -2.45. The quantitative estimate of drug-likeness (QED) is 0.743. The second kappa shape index (κ2) is 6.40. The van der Waals surface area contributed by atoms with Crippen molar-refractivity contribution in [1.82, 2.24) is 10.5 Å². The zero-order valence-corrected chi connectivity index (χ0v) is 12.2. The summed E-state index contributed by atoms with van der Waals surface area (Å²) < 4.78 is 5.08. The largest absolute Gasteiger partial charge is 0.481 e. The van der Waals surface area contributed by atoms with Gasteiger partial charge in [0.25, 0.3) is 0 Å². The number of urea groups is 1. The molecule has 1 aromatic rings. The van der Waals surface area contributed by atoms with Crippen molar-refractivity contribution < 1.29 is 19.2 Å². The molecule has 0 radical (unpaired) electrons. The lowest BCUT2D eigenvalue weighted by atomic mass is 9.99. The minimum Gasteiger partial charge on any atom is -0.481 e. The van der Waals surface area contributed by atoms with Crippen LogP contribution in [0.2, 0.25) is 0 Å². The number of carbonyl (C=O) groups excluding carboxylic acids is 1. The van der Waals surface area contributed by atoms with Crippen LogP contribution in [0.5, 0.6) is 0 Å². The summed E-state index contributed by atoms with van der Waals surface area (Å²) in [5.74, 6) is -0.274. The van der Waals surface area contributed by atoms with Crippen molar-refractivity contribution in [2.24, 2.45) is 0 Å². The fourth-order valence-corrected chi connectivity index (χ4v) is 1.75. The van der Waals surface area contributed by atoms with Crippen molar-refractivity contribution in [3.63, 3.8) is 0 Å². The Bertz CT molecular complexity index is 494. The Kier molecular flexibility index (Phi) is 5.12. The van der Waals surface area contributed by atoms with Crippen LogP contribution in [-0.2, 0) is 11.2 Å². The first-order chi connectivity index (χ1) is 9.25. The van der Waals surface area contributed by atoms with E-state index in [1.807, 2.05) is 6.92 Å². The number of nitrogens with one attached hydrogen (secondary N) is 2. The van der Waals surface area contributed by atoms with Gasteiger partial charge in [0, 0.05) is 18.4 Å². The summed E-state index contributed by atoms with van der Waals surface area (Å²) in [6.45, 7) is 7.20. The zero-order valence-electron chi connectivity index (χ0n) is 12.2. The Morgan fingerprint density at radius 3 is 2.60 bits per heavy atom. The highest BCUT2D eigenvalue weighted by molar-refractivity contribution is 5.90. The van der Waals surface area contributed by atoms with Gasteiger partial charge in [0.05, 0.1) is 0 Å². The molecular formula is C13H21N3O4. The molecule has 2 amide bonds. The maximum absolute atomic E-state index is 12.0. The molecule has 112 valence electrons. The van der Waals surface area contributed by atoms with Crippen LogP contribution in [0.3, 0.4) is 0 Å². The monoisotopic (exact) mass is 283 g/mol. The lowest BCUT2D eigenvalue weighted by molar-refractivity contribution is -0.137. The van der Waals surface area contributed by atoms with Crippen molar-refractivity contribution in [3.8, 4) is 0 Å². The van der Waals surface area contributed by atoms with Gasteiger partial charge in [-0.25, -0.2) is 4.79 Å². The van der Waals surface area contributed by atoms with Gasteiger partial charge in [-0.15, -0.1) is 0 Å². The van der Waals surface area contributed by atoms with Crippen LogP contribution < -0.4 is 10.6 Å². The number of aryl methyl sites for hydroxylation is 2. The molecule has 20 heavy (non-hydrogen) atoms. The maximum Gasteiger partial charge on any atom is 0.319 e. The van der Waals surface area contributed by atoms with Crippen molar-refractivity contribution in [2.45, 2.75) is 52.5 Å². The first-order valence-corrected chi connectivity index (χ1v) is 6.51. The Morgan fingerprint density at radius 1 is 1.40 bits per heavy atom. The second-order valence-corrected chi connectivity index (χ2v) is 5.28. The molecule has 7 nitrogen and oxygen atoms in total. The first-order valence-electron chi connectivity index (χ1n) is 6.51. The second-order valence-electron chi connectivity index (χ2n) is 5.28. The summed E-state index contributed by atoms with van der Waals surface area (Å²) >= 11 is 0. The van der Waals surface area contributed by atoms with Crippen molar-refractivity contribution in [2.75, 3.05) is 5.32 Å². The fraction of sp³-hybridized carbons (Fsp3) is 0.615. The molecule has 0 aliphatic carbocycles. The molecule has 0 fully saturated rings. The highest BCUT2D eigenvalue weighted by Crippen LogP contribution is 2.20. The number of amides is 2. The van der Waals surface area contributed by atoms with Crippen LogP contribution in [0, 0.1) is 6.92 Å². The summed E-state index contributed by atoms with van der Waals surface area (Å²) in [7, 11) is 0. The van der Waals surface area contributed by atoms with Gasteiger partial charge in [0.15, 0.2) is 5.76 Å². The van der Waals surface area contributed by atoms with E-state index in [2.05, 4.69) is 15.8 Å². The molecule has 0 spiro atoms. The average Bonchev–Trinajstić information content (AvgIpc) is 2.67. The zero-order chi connectivity index (χ0) is 15.3. The van der Waals surface area contributed by atoms with Gasteiger partial charge in [-0.1, -0.05) is 12.1 Å². The van der Waals surface area contributed by atoms with Gasteiger partial charge in [0.2, 0.25) is 0 Å². The Balaban J connectivity index is 2.63. The molecule has 0 aromatic carbocycles. The summed E-state index contributed by atoms with van der Waals surface area (Å²) in [6.07, 6.45) is 0.970. The number of nitrogens with zero attached hydrogens (tertiary/aromatic N) is 1. The highest BCUT2D eigenvalue weighted by atomic mass is 16.5. The molecular weight excluding hydrogens is 262 g/mol. The van der Waals surface area contributed by atoms with E-state index in [0.717, 1.165) is 0 Å². The predicted octanol–water partition coefficient (Wildman–Crippen LogP) is 2.31. The number of hydrogen-bond acceptors (Lipinski definition) is 4. The van der Waals surface area contributed by atoms with Gasteiger partial charge in [-0.05, 0) is 27.2 Å². The van der Waals surface area contributed by atoms with E-state index >= 15 is 0 Å². The van der Waals surface area contributed by atoms with Gasteiger partial charge in [-0.2, -0.15) is 0 Å². The minimum atomic E-state index is -0.886. The number of hydrogen-bond donors (Lipinski definition) is 3. The molecule has 1 heterocycles. The number of carboxylic acid groups (broad SMARTS) is 1. The predicted molar refractivity (Wildman–Crippen MR) is 73.7 cm³/mol. The molecule has 0 bridgehead atoms. The van der Waals surface area contributed by atoms with Crippen LogP contribution in [0.1, 0.15) is 45.1 Å². The summed E-state index contributed by atoms with van der Waals surface area (Å²) in [5, 5.41) is 17.9. The Morgan fingerprint density at radius 2 is 2.05 bits per heavy atom. The van der Waals surface area contributed by atoms with E-state index in [1.54, 1.807) is 20.8 Å². The number of anilines is 1. The van der Waals surface area contributed by atoms with E-state index in [1.165, 1.54) is 0 Å². The lowest BCUT2D eigenvalue weighted by Gasteiger charge is -2.25. The van der Waals surface area contributed by atoms with E-state index < -0.39 is 17.5 Å². The van der Waals surface area contributed by atoms with Crippen molar-refractivity contribution >= 4 is 17.7 Å². The average molecular weight is 283 g/mol. The molecule has 3 N–H and O–H groups in total. The van der Waals surface area contributed by atoms with Gasteiger partial charge in [0.1, 0.15) is 11.4 Å². The molecule has 0 atom stereocenters. The standard InChI is InChI=1S/C13H21N3O4/c1-5-9-11(8(2)16-20-9)14-12(19)15-13(3,4)7-6-10(17)18/h5-7H2,1-4H3,(H,17,18)(H2,14,15,19). The van der Waals surface area contributed by atoms with Gasteiger partial charge >= 0.3 is 12.0 Å². The number of carbonyl (C=O) groups is 2. The fourth-order valence-electron chi connectivity index (χ4n) is 1.75. The van der Waals surface area contributed by atoms with Crippen LogP contribution in [0.4, 0.5) is 10.5 Å². The molecule has 0 unspecified atom stereocenters. The highest BCUT2D eigenvalue weighted by Gasteiger charge is 2.23. The summed E-state index contributed by atoms with van der Waals surface area (Å²) in [5.41, 5.74) is 0.569. The van der Waals surface area contributed by atoms with Crippen LogP contribution in [0.15, 0.2) is 4.52 Å². The van der Waals surface area contributed by atoms with Gasteiger partial charge in [-0.3, -0.25) is 4.79 Å². The topological polar surface area (TPSA) is 104 Å². The van der Waals surface area contributed by atoms with Crippen molar-refractivity contribution in [1.29, 1.82) is 0 Å². The van der Waals surface area contributed by atoms with E-state index in [4.69, 9.17) is 9.63 Å². The van der Waals surface area contributed by atoms with E-state index in [-0.39, 0.29) is 6.42 Å². The van der Waals surface area contributed by atoms with Crippen molar-refractivity contribution in [3.05, 3.63) is 11.5 Å². The Labute approximate surface area is 117 Å². The normalized spacial score (nSPS) is 11.2. The maximum atomic E-state index is 12.0. The van der Waals surface area contributed by atoms with Crippen LogP contribution in [0.25, 0.3) is 0 Å². The third-order valence-corrected chi connectivity index (χ3v) is 2.91. The Hall–Kier alpha value is -2.05. The van der Waals surface area contributed by atoms with E-state index in [0.29, 0.717) is 30.0 Å². The molecule has 1 rings (SSSR count). The number of carboxylic acids is 1. The van der Waals surface area contributed by atoms with Gasteiger partial charge < -0.3 is 20.3 Å². The summed E-state index contributed by atoms with van der Waals surface area (Å²) in [4.78, 5) is 22.5. The molecule has 0 aliphatic rings. The molecule has 0 saturated heterocycles. The number of aliphatic carboxylic acids is 1. The van der Waals surface area contributed by atoms with E-state index in [9.17, 15) is 9.59 Å². The molecule has 7 heteroatoms. The molecule has 0 aliphatic heterocycles. The SMILES string of the molecule is CCc1onc(C)c1NC(=O)NC(C)(C)CCC(=O)O.